The second-order valence-electron chi connectivity index (χ2n) is 10.0. The van der Waals surface area contributed by atoms with Gasteiger partial charge in [-0.25, -0.2) is 9.97 Å². The number of aromatic nitrogens is 2. The Balaban J connectivity index is 1.57. The van der Waals surface area contributed by atoms with Crippen LogP contribution in [0.4, 0.5) is 30.5 Å². The fourth-order valence-corrected chi connectivity index (χ4v) is 4.50. The summed E-state index contributed by atoms with van der Waals surface area (Å²) in [6, 6.07) is 7.60. The molecule has 4 rings (SSSR count). The number of hydrogen-bond donors (Lipinski definition) is 5. The van der Waals surface area contributed by atoms with Crippen LogP contribution in [0.3, 0.4) is 0 Å². The predicted octanol–water partition coefficient (Wildman–Crippen LogP) is 5.64. The minimum Gasteiger partial charge on any atom is -0.384 e. The highest BCUT2D eigenvalue weighted by molar-refractivity contribution is 6.17. The van der Waals surface area contributed by atoms with E-state index >= 15 is 0 Å². The average molecular weight is 580 g/mol. The highest BCUT2D eigenvalue weighted by Crippen LogP contribution is 2.31. The summed E-state index contributed by atoms with van der Waals surface area (Å²) in [5.41, 5.74) is 7.85. The Bertz CT molecular complexity index is 1490. The molecule has 0 fully saturated rings. The Hall–Kier alpha value is -4.74. The minimum atomic E-state index is -4.57. The van der Waals surface area contributed by atoms with Gasteiger partial charge in [-0.2, -0.15) is 13.2 Å². The molecule has 6 N–H and O–H groups in total. The summed E-state index contributed by atoms with van der Waals surface area (Å²) >= 11 is 0. The molecule has 1 aromatic carbocycles. The third-order valence-electron chi connectivity index (χ3n) is 6.76. The van der Waals surface area contributed by atoms with Gasteiger partial charge in [0.15, 0.2) is 0 Å². The number of nitrogens with two attached hydrogens (primary N) is 1. The Morgan fingerprint density at radius 3 is 2.60 bits per heavy atom. The normalized spacial score (nSPS) is 17.1. The van der Waals surface area contributed by atoms with Crippen LogP contribution in [0.5, 0.6) is 0 Å². The van der Waals surface area contributed by atoms with Gasteiger partial charge in [-0.1, -0.05) is 24.3 Å². The third-order valence-corrected chi connectivity index (χ3v) is 6.76. The van der Waals surface area contributed by atoms with E-state index < -0.39 is 17.6 Å². The first-order valence-corrected chi connectivity index (χ1v) is 13.5. The molecule has 9 nitrogen and oxygen atoms in total. The van der Waals surface area contributed by atoms with E-state index in [4.69, 9.17) is 11.1 Å². The number of halogens is 3. The van der Waals surface area contributed by atoms with E-state index in [-0.39, 0.29) is 34.9 Å². The summed E-state index contributed by atoms with van der Waals surface area (Å²) in [6.45, 7) is 2.45. The number of carbonyl (C=O) groups excluding carboxylic acids is 2. The quantitative estimate of drug-likeness (QED) is 0.253. The second-order valence-corrected chi connectivity index (χ2v) is 10.0. The van der Waals surface area contributed by atoms with Gasteiger partial charge in [0.1, 0.15) is 11.6 Å². The molecule has 0 radical (unpaired) electrons. The SMILES string of the molecule is CC1CCNc2c(cnc(N)c2C(=N)c2ccc(C(=O)Nc3cc(C(F)(F)F)ccn3)cc2)/C=C/CCCCC(=O)N1. The van der Waals surface area contributed by atoms with Crippen molar-refractivity contribution in [1.82, 2.24) is 15.3 Å². The summed E-state index contributed by atoms with van der Waals surface area (Å²) in [5.74, 6) is -0.696. The Morgan fingerprint density at radius 2 is 1.86 bits per heavy atom. The second kappa shape index (κ2) is 13.3. The molecule has 3 aromatic rings. The first-order chi connectivity index (χ1) is 20.0. The molecule has 0 saturated carbocycles. The lowest BCUT2D eigenvalue weighted by Gasteiger charge is -2.20. The topological polar surface area (TPSA) is 146 Å². The molecule has 220 valence electrons. The van der Waals surface area contributed by atoms with E-state index in [0.717, 1.165) is 43.2 Å². The van der Waals surface area contributed by atoms with Crippen LogP contribution in [0, 0.1) is 5.41 Å². The predicted molar refractivity (Wildman–Crippen MR) is 156 cm³/mol. The van der Waals surface area contributed by atoms with E-state index in [1.807, 2.05) is 19.1 Å². The summed E-state index contributed by atoms with van der Waals surface area (Å²) in [6.07, 6.45) is 5.55. The van der Waals surface area contributed by atoms with Crippen molar-refractivity contribution < 1.29 is 22.8 Å². The molecule has 3 heterocycles. The van der Waals surface area contributed by atoms with Crippen molar-refractivity contribution in [2.45, 2.75) is 51.2 Å². The maximum Gasteiger partial charge on any atom is 0.416 e. The number of fused-ring (bicyclic) bond motifs is 1. The zero-order chi connectivity index (χ0) is 30.3. The zero-order valence-electron chi connectivity index (χ0n) is 23.0. The van der Waals surface area contributed by atoms with Gasteiger partial charge in [0.25, 0.3) is 5.91 Å². The molecular formula is C30H32F3N7O2. The van der Waals surface area contributed by atoms with Gasteiger partial charge in [0.2, 0.25) is 5.91 Å². The van der Waals surface area contributed by atoms with Crippen LogP contribution >= 0.6 is 0 Å². The number of nitrogens with zero attached hydrogens (tertiary/aromatic N) is 2. The number of amides is 2. The maximum atomic E-state index is 13.0. The number of pyridine rings is 2. The van der Waals surface area contributed by atoms with Crippen molar-refractivity contribution in [3.63, 3.8) is 0 Å². The van der Waals surface area contributed by atoms with Crippen LogP contribution in [-0.2, 0) is 11.0 Å². The standard InChI is InChI=1S/C30H32F3N7O2/c1-18-12-14-37-27-21(6-4-2-3-5-7-24(41)39-18)17-38-28(35)25(27)26(34)19-8-10-20(11-9-19)29(42)40-23-16-22(13-15-36-23)30(31,32)33/h4,6,8-11,13,15-18,34,37H,2-3,5,7,12,14H2,1H3,(H2,35,38)(H,39,41)(H,36,40,42)/b6-4+,34-26?. The monoisotopic (exact) mass is 579 g/mol. The lowest BCUT2D eigenvalue weighted by molar-refractivity contribution is -0.137. The van der Waals surface area contributed by atoms with E-state index in [9.17, 15) is 22.8 Å². The summed E-state index contributed by atoms with van der Waals surface area (Å²) in [5, 5.41) is 17.7. The molecule has 42 heavy (non-hydrogen) atoms. The molecule has 12 heteroatoms. The van der Waals surface area contributed by atoms with E-state index in [1.165, 1.54) is 12.1 Å². The number of carbonyl (C=O) groups is 2. The van der Waals surface area contributed by atoms with Crippen molar-refractivity contribution in [1.29, 1.82) is 5.41 Å². The molecule has 1 aliphatic rings. The molecule has 0 saturated heterocycles. The van der Waals surface area contributed by atoms with Gasteiger partial charge in [0, 0.05) is 48.1 Å². The maximum absolute atomic E-state index is 13.0. The Labute approximate surface area is 241 Å². The number of rotatable bonds is 4. The molecular weight excluding hydrogens is 547 g/mol. The van der Waals surface area contributed by atoms with Crippen LogP contribution in [-0.4, -0.2) is 40.1 Å². The van der Waals surface area contributed by atoms with Crippen molar-refractivity contribution in [3.8, 4) is 0 Å². The van der Waals surface area contributed by atoms with Crippen LogP contribution in [0.2, 0.25) is 0 Å². The first kappa shape index (κ1) is 30.2. The summed E-state index contributed by atoms with van der Waals surface area (Å²) in [7, 11) is 0. The van der Waals surface area contributed by atoms with E-state index in [1.54, 1.807) is 18.3 Å². The van der Waals surface area contributed by atoms with Crippen molar-refractivity contribution in [2.75, 3.05) is 22.9 Å². The number of nitrogen functional groups attached to an aromatic ring is 1. The third kappa shape index (κ3) is 7.71. The Kier molecular flexibility index (Phi) is 9.56. The molecule has 0 bridgehead atoms. The number of allylic oxidation sites excluding steroid dienone is 1. The van der Waals surface area contributed by atoms with Gasteiger partial charge >= 0.3 is 6.18 Å². The lowest BCUT2D eigenvalue weighted by Crippen LogP contribution is -2.33. The number of hydrogen-bond acceptors (Lipinski definition) is 7. The van der Waals surface area contributed by atoms with Gasteiger partial charge < -0.3 is 21.7 Å². The molecule has 1 atom stereocenters. The van der Waals surface area contributed by atoms with Gasteiger partial charge in [-0.05, 0) is 56.9 Å². The van der Waals surface area contributed by atoms with Crippen LogP contribution in [0.25, 0.3) is 6.08 Å². The first-order valence-electron chi connectivity index (χ1n) is 13.5. The summed E-state index contributed by atoms with van der Waals surface area (Å²) < 4.78 is 39.0. The van der Waals surface area contributed by atoms with E-state index in [0.29, 0.717) is 36.2 Å². The van der Waals surface area contributed by atoms with Gasteiger partial charge in [-0.3, -0.25) is 15.0 Å². The van der Waals surface area contributed by atoms with Crippen LogP contribution in [0.15, 0.2) is 54.9 Å². The number of alkyl halides is 3. The summed E-state index contributed by atoms with van der Waals surface area (Å²) in [4.78, 5) is 32.9. The van der Waals surface area contributed by atoms with Crippen molar-refractivity contribution in [3.05, 3.63) is 82.7 Å². The van der Waals surface area contributed by atoms with E-state index in [2.05, 4.69) is 25.9 Å². The molecule has 0 aliphatic carbocycles. The Morgan fingerprint density at radius 1 is 1.12 bits per heavy atom. The van der Waals surface area contributed by atoms with Gasteiger partial charge in [-0.15, -0.1) is 0 Å². The van der Waals surface area contributed by atoms with Gasteiger partial charge in [0.05, 0.1) is 22.5 Å². The highest BCUT2D eigenvalue weighted by Gasteiger charge is 2.31. The number of anilines is 3. The van der Waals surface area contributed by atoms with Crippen molar-refractivity contribution in [2.24, 2.45) is 0 Å². The van der Waals surface area contributed by atoms with Crippen molar-refractivity contribution >= 4 is 40.9 Å². The largest absolute Gasteiger partial charge is 0.416 e. The lowest BCUT2D eigenvalue weighted by atomic mass is 9.97. The van der Waals surface area contributed by atoms with Crippen LogP contribution in [0.1, 0.15) is 71.6 Å². The fraction of sp³-hybridized carbons (Fsp3) is 0.300. The molecule has 2 amide bonds. The average Bonchev–Trinajstić information content (AvgIpc) is 2.95. The molecule has 2 aromatic heterocycles. The zero-order valence-corrected chi connectivity index (χ0v) is 23.0. The minimum absolute atomic E-state index is 0.0306. The molecule has 0 spiro atoms. The van der Waals surface area contributed by atoms with Crippen LogP contribution < -0.4 is 21.7 Å². The number of benzene rings is 1. The number of nitrogens with one attached hydrogen (secondary N) is 4. The molecule has 1 aliphatic heterocycles. The smallest absolute Gasteiger partial charge is 0.384 e. The molecule has 1 unspecified atom stereocenters. The highest BCUT2D eigenvalue weighted by atomic mass is 19.4. The fourth-order valence-electron chi connectivity index (χ4n) is 4.50.